The third-order valence-corrected chi connectivity index (χ3v) is 3.16. The number of hydrogen-bond donors (Lipinski definition) is 1. The third-order valence-electron chi connectivity index (χ3n) is 3.04. The zero-order valence-electron chi connectivity index (χ0n) is 10.5. The smallest absolute Gasteiger partial charge is 0.223 e. The maximum atomic E-state index is 11.9. The molecule has 1 saturated heterocycles. The van der Waals surface area contributed by atoms with E-state index >= 15 is 0 Å². The lowest BCUT2D eigenvalue weighted by molar-refractivity contribution is -0.131. The quantitative estimate of drug-likeness (QED) is 0.733. The van der Waals surface area contributed by atoms with Gasteiger partial charge in [0.2, 0.25) is 5.91 Å². The van der Waals surface area contributed by atoms with Crippen LogP contribution in [-0.4, -0.2) is 41.6 Å². The van der Waals surface area contributed by atoms with Gasteiger partial charge in [-0.25, -0.2) is 0 Å². The summed E-state index contributed by atoms with van der Waals surface area (Å²) in [4.78, 5) is 14.0. The Balaban J connectivity index is 2.28. The highest BCUT2D eigenvalue weighted by Crippen LogP contribution is 2.17. The first kappa shape index (κ1) is 14.4. The summed E-state index contributed by atoms with van der Waals surface area (Å²) >= 11 is 4.83. The van der Waals surface area contributed by atoms with Crippen molar-refractivity contribution in [2.75, 3.05) is 19.7 Å². The van der Waals surface area contributed by atoms with Gasteiger partial charge in [-0.05, 0) is 32.6 Å². The van der Waals surface area contributed by atoms with Gasteiger partial charge in [-0.2, -0.15) is 0 Å². The van der Waals surface area contributed by atoms with Gasteiger partial charge in [0.1, 0.15) is 0 Å². The molecular weight excluding hydrogens is 236 g/mol. The number of carbonyl (C=O) groups excluding carboxylic acids is 1. The van der Waals surface area contributed by atoms with E-state index in [1.165, 1.54) is 6.42 Å². The lowest BCUT2D eigenvalue weighted by atomic mass is 10.0. The normalized spacial score (nSPS) is 19.9. The van der Waals surface area contributed by atoms with Crippen LogP contribution in [0.2, 0.25) is 0 Å². The highest BCUT2D eigenvalue weighted by Gasteiger charge is 2.18. The van der Waals surface area contributed by atoms with Crippen LogP contribution in [0, 0.1) is 0 Å². The Morgan fingerprint density at radius 3 is 2.82 bits per heavy atom. The second kappa shape index (κ2) is 7.61. The lowest BCUT2D eigenvalue weighted by Crippen LogP contribution is -2.38. The van der Waals surface area contributed by atoms with Crippen LogP contribution in [0.25, 0.3) is 0 Å². The summed E-state index contributed by atoms with van der Waals surface area (Å²) in [6.07, 6.45) is 5.04. The minimum absolute atomic E-state index is 0.120. The lowest BCUT2D eigenvalue weighted by Gasteiger charge is -2.24. The summed E-state index contributed by atoms with van der Waals surface area (Å²) in [5.74, 6) is 0.120. The summed E-state index contributed by atoms with van der Waals surface area (Å²) in [6.45, 7) is 3.81. The van der Waals surface area contributed by atoms with Crippen molar-refractivity contribution in [3.05, 3.63) is 0 Å². The minimum atomic E-state index is 0.120. The number of likely N-dealkylation sites (N-methyl/N-ethyl adjacent to an activating group) is 1. The summed E-state index contributed by atoms with van der Waals surface area (Å²) in [6, 6.07) is 0. The Hall–Kier alpha value is -0.680. The molecule has 1 amide bonds. The molecule has 0 radical (unpaired) electrons. The fourth-order valence-electron chi connectivity index (χ4n) is 2.04. The fourth-order valence-corrected chi connectivity index (χ4v) is 2.20. The first-order valence-corrected chi connectivity index (χ1v) is 6.72. The fraction of sp³-hybridized carbons (Fsp3) is 0.833. The molecule has 1 unspecified atom stereocenters. The SMILES string of the molecule is CCN(CC(N)=S)C(=O)CCC1CCCCO1. The monoisotopic (exact) mass is 258 g/mol. The first-order valence-electron chi connectivity index (χ1n) is 6.31. The molecule has 0 aromatic rings. The van der Waals surface area contributed by atoms with E-state index in [1.54, 1.807) is 4.90 Å². The van der Waals surface area contributed by atoms with Gasteiger partial charge in [0.05, 0.1) is 17.6 Å². The molecule has 1 atom stereocenters. The molecule has 1 heterocycles. The van der Waals surface area contributed by atoms with E-state index < -0.39 is 0 Å². The van der Waals surface area contributed by atoms with Gasteiger partial charge in [-0.3, -0.25) is 4.79 Å². The molecule has 0 bridgehead atoms. The zero-order chi connectivity index (χ0) is 12.7. The maximum absolute atomic E-state index is 11.9. The zero-order valence-corrected chi connectivity index (χ0v) is 11.3. The molecule has 5 heteroatoms. The summed E-state index contributed by atoms with van der Waals surface area (Å²) < 4.78 is 5.60. The van der Waals surface area contributed by atoms with Crippen molar-refractivity contribution in [2.45, 2.75) is 45.1 Å². The van der Waals surface area contributed by atoms with Crippen molar-refractivity contribution >= 4 is 23.1 Å². The van der Waals surface area contributed by atoms with Crippen LogP contribution in [0.3, 0.4) is 0 Å². The average Bonchev–Trinajstić information content (AvgIpc) is 2.34. The molecule has 0 aliphatic carbocycles. The average molecular weight is 258 g/mol. The largest absolute Gasteiger partial charge is 0.392 e. The van der Waals surface area contributed by atoms with Gasteiger partial charge in [0.25, 0.3) is 0 Å². The van der Waals surface area contributed by atoms with E-state index in [-0.39, 0.29) is 12.0 Å². The first-order chi connectivity index (χ1) is 8.13. The molecule has 1 rings (SSSR count). The Morgan fingerprint density at radius 2 is 2.29 bits per heavy atom. The number of rotatable bonds is 6. The Morgan fingerprint density at radius 1 is 1.53 bits per heavy atom. The number of carbonyl (C=O) groups is 1. The minimum Gasteiger partial charge on any atom is -0.392 e. The molecule has 1 fully saturated rings. The van der Waals surface area contributed by atoms with Crippen LogP contribution in [-0.2, 0) is 9.53 Å². The Kier molecular flexibility index (Phi) is 6.44. The van der Waals surface area contributed by atoms with E-state index in [0.29, 0.717) is 24.5 Å². The van der Waals surface area contributed by atoms with E-state index in [4.69, 9.17) is 22.7 Å². The van der Waals surface area contributed by atoms with Gasteiger partial charge in [0.15, 0.2) is 0 Å². The standard InChI is InChI=1S/C12H22N2O2S/c1-2-14(9-11(13)17)12(15)7-6-10-5-3-4-8-16-10/h10H,2-9H2,1H3,(H2,13,17). The van der Waals surface area contributed by atoms with Crippen molar-refractivity contribution in [3.63, 3.8) is 0 Å². The van der Waals surface area contributed by atoms with Crippen LogP contribution >= 0.6 is 12.2 Å². The summed E-state index contributed by atoms with van der Waals surface area (Å²) in [5, 5.41) is 0. The van der Waals surface area contributed by atoms with Crippen molar-refractivity contribution in [3.8, 4) is 0 Å². The van der Waals surface area contributed by atoms with E-state index in [2.05, 4.69) is 0 Å². The van der Waals surface area contributed by atoms with Crippen LogP contribution in [0.1, 0.15) is 39.0 Å². The second-order valence-corrected chi connectivity index (χ2v) is 4.93. The van der Waals surface area contributed by atoms with Crippen LogP contribution in [0.5, 0.6) is 0 Å². The van der Waals surface area contributed by atoms with Crippen molar-refractivity contribution in [1.82, 2.24) is 4.90 Å². The number of amides is 1. The molecule has 0 saturated carbocycles. The number of thiocarbonyl (C=S) groups is 1. The third kappa shape index (κ3) is 5.46. The van der Waals surface area contributed by atoms with Crippen molar-refractivity contribution in [2.24, 2.45) is 5.73 Å². The van der Waals surface area contributed by atoms with Gasteiger partial charge in [-0.1, -0.05) is 12.2 Å². The molecule has 1 aliphatic heterocycles. The van der Waals surface area contributed by atoms with Gasteiger partial charge < -0.3 is 15.4 Å². The number of nitrogens with zero attached hydrogens (tertiary/aromatic N) is 1. The molecule has 0 spiro atoms. The van der Waals surface area contributed by atoms with Crippen LogP contribution in [0.15, 0.2) is 0 Å². The molecule has 0 aromatic heterocycles. The van der Waals surface area contributed by atoms with E-state index in [1.807, 2.05) is 6.92 Å². The van der Waals surface area contributed by atoms with Gasteiger partial charge in [-0.15, -0.1) is 0 Å². The molecule has 4 nitrogen and oxygen atoms in total. The predicted molar refractivity (Wildman–Crippen MR) is 71.9 cm³/mol. The molecular formula is C12H22N2O2S. The Labute approximate surface area is 108 Å². The predicted octanol–water partition coefficient (Wildman–Crippen LogP) is 1.47. The summed E-state index contributed by atoms with van der Waals surface area (Å²) in [7, 11) is 0. The van der Waals surface area contributed by atoms with Gasteiger partial charge >= 0.3 is 0 Å². The highest BCUT2D eigenvalue weighted by atomic mass is 32.1. The van der Waals surface area contributed by atoms with Crippen LogP contribution < -0.4 is 5.73 Å². The Bertz CT molecular complexity index is 265. The molecule has 2 N–H and O–H groups in total. The van der Waals surface area contributed by atoms with E-state index in [0.717, 1.165) is 25.9 Å². The summed E-state index contributed by atoms with van der Waals surface area (Å²) in [5.41, 5.74) is 5.46. The van der Waals surface area contributed by atoms with Crippen molar-refractivity contribution in [1.29, 1.82) is 0 Å². The maximum Gasteiger partial charge on any atom is 0.223 e. The second-order valence-electron chi connectivity index (χ2n) is 4.40. The molecule has 17 heavy (non-hydrogen) atoms. The number of ether oxygens (including phenoxy) is 1. The molecule has 0 aromatic carbocycles. The highest BCUT2D eigenvalue weighted by molar-refractivity contribution is 7.80. The number of hydrogen-bond acceptors (Lipinski definition) is 3. The van der Waals surface area contributed by atoms with Gasteiger partial charge in [0, 0.05) is 19.6 Å². The molecule has 98 valence electrons. The molecule has 1 aliphatic rings. The van der Waals surface area contributed by atoms with Crippen molar-refractivity contribution < 1.29 is 9.53 Å². The topological polar surface area (TPSA) is 55.6 Å². The van der Waals surface area contributed by atoms with E-state index in [9.17, 15) is 4.79 Å². The number of nitrogens with two attached hydrogens (primary N) is 1. The van der Waals surface area contributed by atoms with Crippen LogP contribution in [0.4, 0.5) is 0 Å².